The van der Waals surface area contributed by atoms with Gasteiger partial charge < -0.3 is 14.4 Å². The summed E-state index contributed by atoms with van der Waals surface area (Å²) in [7, 11) is 0. The second kappa shape index (κ2) is 9.94. The van der Waals surface area contributed by atoms with E-state index < -0.39 is 0 Å². The highest BCUT2D eigenvalue weighted by atomic mass is 35.5. The van der Waals surface area contributed by atoms with E-state index in [4.69, 9.17) is 34.8 Å². The van der Waals surface area contributed by atoms with E-state index in [0.717, 1.165) is 41.4 Å². The van der Waals surface area contributed by atoms with E-state index in [1.165, 1.54) is 0 Å². The molecule has 35 heavy (non-hydrogen) atoms. The molecule has 2 aromatic heterocycles. The Labute approximate surface area is 219 Å². The average Bonchev–Trinajstić information content (AvgIpc) is 3.21. The number of hydrogen-bond acceptors (Lipinski definition) is 3. The molecule has 1 fully saturated rings. The lowest BCUT2D eigenvalue weighted by atomic mass is 10.1. The van der Waals surface area contributed by atoms with Gasteiger partial charge in [0.25, 0.3) is 5.91 Å². The Bertz CT molecular complexity index is 1360. The summed E-state index contributed by atoms with van der Waals surface area (Å²) in [4.78, 5) is 22.0. The van der Waals surface area contributed by atoms with Crippen molar-refractivity contribution in [2.24, 2.45) is 0 Å². The van der Waals surface area contributed by atoms with Crippen molar-refractivity contribution in [3.05, 3.63) is 99.4 Å². The van der Waals surface area contributed by atoms with E-state index in [9.17, 15) is 4.79 Å². The summed E-state index contributed by atoms with van der Waals surface area (Å²) in [6, 6.07) is 18.9. The third-order valence-corrected chi connectivity index (χ3v) is 7.15. The molecule has 1 saturated heterocycles. The molecule has 4 aromatic rings. The molecule has 1 aliphatic heterocycles. The Kier molecular flexibility index (Phi) is 6.74. The number of amides is 1. The first-order chi connectivity index (χ1) is 16.9. The van der Waals surface area contributed by atoms with Crippen LogP contribution in [0.4, 0.5) is 5.69 Å². The molecule has 0 radical (unpaired) electrons. The molecule has 5 nitrogen and oxygen atoms in total. The number of anilines is 1. The lowest BCUT2D eigenvalue weighted by molar-refractivity contribution is 0.0746. The van der Waals surface area contributed by atoms with Crippen LogP contribution in [0.5, 0.6) is 0 Å². The fourth-order valence-corrected chi connectivity index (χ4v) is 5.14. The van der Waals surface area contributed by atoms with Crippen molar-refractivity contribution in [3.8, 4) is 16.9 Å². The molecule has 0 N–H and O–H groups in total. The molecule has 5 rings (SSSR count). The minimum atomic E-state index is 0.0101. The van der Waals surface area contributed by atoms with Crippen LogP contribution in [0.1, 0.15) is 16.1 Å². The SMILES string of the molecule is Cc1c(C(=O)N2CCN(c3ccncc3)CC2)cc(-c2ccc(Cl)cc2)n1-c1ccc(Cl)cc1Cl. The Morgan fingerprint density at radius 3 is 2.14 bits per heavy atom. The number of halogens is 3. The molecular formula is C27H23Cl3N4O. The average molecular weight is 526 g/mol. The molecule has 0 unspecified atom stereocenters. The van der Waals surface area contributed by atoms with E-state index in [1.807, 2.05) is 64.9 Å². The molecular weight excluding hydrogens is 503 g/mol. The van der Waals surface area contributed by atoms with Crippen molar-refractivity contribution < 1.29 is 4.79 Å². The van der Waals surface area contributed by atoms with E-state index >= 15 is 0 Å². The van der Waals surface area contributed by atoms with Crippen molar-refractivity contribution >= 4 is 46.4 Å². The third kappa shape index (κ3) is 4.76. The fraction of sp³-hybridized carbons (Fsp3) is 0.185. The summed E-state index contributed by atoms with van der Waals surface area (Å²) < 4.78 is 2.02. The number of rotatable bonds is 4. The van der Waals surface area contributed by atoms with Crippen LogP contribution in [-0.2, 0) is 0 Å². The molecule has 0 bridgehead atoms. The quantitative estimate of drug-likeness (QED) is 0.295. The molecule has 0 aliphatic carbocycles. The first-order valence-electron chi connectivity index (χ1n) is 11.3. The Morgan fingerprint density at radius 2 is 1.49 bits per heavy atom. The van der Waals surface area contributed by atoms with Gasteiger partial charge in [-0.25, -0.2) is 0 Å². The molecule has 3 heterocycles. The van der Waals surface area contributed by atoms with Gasteiger partial charge in [-0.1, -0.05) is 46.9 Å². The first-order valence-corrected chi connectivity index (χ1v) is 12.4. The minimum absolute atomic E-state index is 0.0101. The van der Waals surface area contributed by atoms with Gasteiger partial charge in [0.05, 0.1) is 22.0 Å². The van der Waals surface area contributed by atoms with Crippen molar-refractivity contribution in [3.63, 3.8) is 0 Å². The largest absolute Gasteiger partial charge is 0.368 e. The lowest BCUT2D eigenvalue weighted by Crippen LogP contribution is -2.48. The molecule has 0 atom stereocenters. The second-order valence-electron chi connectivity index (χ2n) is 8.45. The number of carbonyl (C=O) groups excluding carboxylic acids is 1. The highest BCUT2D eigenvalue weighted by Crippen LogP contribution is 2.35. The Hall–Kier alpha value is -2.99. The van der Waals surface area contributed by atoms with Crippen LogP contribution >= 0.6 is 34.8 Å². The topological polar surface area (TPSA) is 41.4 Å². The van der Waals surface area contributed by atoms with Gasteiger partial charge in [0.1, 0.15) is 0 Å². The van der Waals surface area contributed by atoms with E-state index in [1.54, 1.807) is 24.5 Å². The fourth-order valence-electron chi connectivity index (χ4n) is 4.52. The van der Waals surface area contributed by atoms with Crippen molar-refractivity contribution in [1.82, 2.24) is 14.5 Å². The number of nitrogens with zero attached hydrogens (tertiary/aromatic N) is 4. The predicted octanol–water partition coefficient (Wildman–Crippen LogP) is 6.77. The molecule has 178 valence electrons. The zero-order valence-corrected chi connectivity index (χ0v) is 21.4. The summed E-state index contributed by atoms with van der Waals surface area (Å²) in [6.45, 7) is 4.77. The highest BCUT2D eigenvalue weighted by molar-refractivity contribution is 6.35. The van der Waals surface area contributed by atoms with Gasteiger partial charge in [0, 0.05) is 60.0 Å². The molecule has 1 amide bonds. The van der Waals surface area contributed by atoms with Gasteiger partial charge in [-0.15, -0.1) is 0 Å². The Morgan fingerprint density at radius 1 is 0.829 bits per heavy atom. The van der Waals surface area contributed by atoms with Crippen LogP contribution in [0.3, 0.4) is 0 Å². The monoisotopic (exact) mass is 524 g/mol. The van der Waals surface area contributed by atoms with Gasteiger partial charge in [-0.2, -0.15) is 0 Å². The van der Waals surface area contributed by atoms with Gasteiger partial charge >= 0.3 is 0 Å². The van der Waals surface area contributed by atoms with Gasteiger partial charge in [0.15, 0.2) is 0 Å². The van der Waals surface area contributed by atoms with Crippen LogP contribution in [0.2, 0.25) is 15.1 Å². The van der Waals surface area contributed by atoms with E-state index in [2.05, 4.69) is 9.88 Å². The van der Waals surface area contributed by atoms with Crippen molar-refractivity contribution in [1.29, 1.82) is 0 Å². The molecule has 8 heteroatoms. The Balaban J connectivity index is 1.50. The van der Waals surface area contributed by atoms with Crippen LogP contribution in [0.15, 0.2) is 73.1 Å². The van der Waals surface area contributed by atoms with Crippen LogP contribution in [-0.4, -0.2) is 46.5 Å². The van der Waals surface area contributed by atoms with Crippen LogP contribution in [0.25, 0.3) is 16.9 Å². The summed E-state index contributed by atoms with van der Waals surface area (Å²) in [5.74, 6) is 0.0101. The van der Waals surface area contributed by atoms with Gasteiger partial charge in [-0.3, -0.25) is 9.78 Å². The smallest absolute Gasteiger partial charge is 0.255 e. The number of hydrogen-bond donors (Lipinski definition) is 0. The summed E-state index contributed by atoms with van der Waals surface area (Å²) >= 11 is 18.9. The zero-order chi connectivity index (χ0) is 24.5. The number of aromatic nitrogens is 2. The summed E-state index contributed by atoms with van der Waals surface area (Å²) in [6.07, 6.45) is 3.58. The first kappa shape index (κ1) is 23.7. The van der Waals surface area contributed by atoms with Crippen molar-refractivity contribution in [2.75, 3.05) is 31.1 Å². The number of benzene rings is 2. The standard InChI is InChI=1S/C27H23Cl3N4O/c1-18-23(27(35)33-14-12-32(13-15-33)22-8-10-31-11-9-22)17-26(19-2-4-20(28)5-3-19)34(18)25-7-6-21(29)16-24(25)30/h2-11,16-17H,12-15H2,1H3. The minimum Gasteiger partial charge on any atom is -0.368 e. The maximum Gasteiger partial charge on any atom is 0.255 e. The predicted molar refractivity (Wildman–Crippen MR) is 143 cm³/mol. The molecule has 0 spiro atoms. The van der Waals surface area contributed by atoms with Crippen molar-refractivity contribution in [2.45, 2.75) is 6.92 Å². The third-order valence-electron chi connectivity index (χ3n) is 6.36. The van der Waals surface area contributed by atoms with Crippen LogP contribution in [0, 0.1) is 6.92 Å². The highest BCUT2D eigenvalue weighted by Gasteiger charge is 2.27. The molecule has 1 aliphatic rings. The maximum atomic E-state index is 13.7. The lowest BCUT2D eigenvalue weighted by Gasteiger charge is -2.36. The summed E-state index contributed by atoms with van der Waals surface area (Å²) in [5.41, 5.74) is 5.16. The second-order valence-corrected chi connectivity index (χ2v) is 9.73. The maximum absolute atomic E-state index is 13.7. The van der Waals surface area contributed by atoms with E-state index in [-0.39, 0.29) is 5.91 Å². The number of piperazine rings is 1. The molecule has 2 aromatic carbocycles. The summed E-state index contributed by atoms with van der Waals surface area (Å²) in [5, 5.41) is 1.72. The van der Waals surface area contributed by atoms with E-state index in [0.29, 0.717) is 33.7 Å². The number of pyridine rings is 1. The number of carbonyl (C=O) groups is 1. The van der Waals surface area contributed by atoms with Gasteiger partial charge in [-0.05, 0) is 61.0 Å². The zero-order valence-electron chi connectivity index (χ0n) is 19.1. The van der Waals surface area contributed by atoms with Gasteiger partial charge in [0.2, 0.25) is 0 Å². The molecule has 0 saturated carbocycles. The van der Waals surface area contributed by atoms with Crippen LogP contribution < -0.4 is 4.90 Å². The normalized spacial score (nSPS) is 13.8.